The lowest BCUT2D eigenvalue weighted by Crippen LogP contribution is -2.52. The Kier molecular flexibility index (Phi) is 6.76. The second-order valence-corrected chi connectivity index (χ2v) is 9.21. The number of carbonyl (C=O) groups is 3. The smallest absolute Gasteiger partial charge is 0.296 e. The zero-order valence-corrected chi connectivity index (χ0v) is 20.3. The number of likely N-dealkylation sites (tertiary alicyclic amines) is 1. The number of benzene rings is 2. The molecule has 0 unspecified atom stereocenters. The molecule has 4 rings (SSSR count). The van der Waals surface area contributed by atoms with Gasteiger partial charge in [0.05, 0.1) is 11.3 Å². The molecule has 2 aromatic carbocycles. The van der Waals surface area contributed by atoms with Gasteiger partial charge in [0.15, 0.2) is 5.54 Å². The average molecular weight is 480 g/mol. The zero-order chi connectivity index (χ0) is 25.3. The molecular formula is C27H30FN3O4. The highest BCUT2D eigenvalue weighted by Crippen LogP contribution is 2.53. The van der Waals surface area contributed by atoms with Gasteiger partial charge in [-0.05, 0) is 63.8 Å². The lowest BCUT2D eigenvalue weighted by Gasteiger charge is -2.34. The van der Waals surface area contributed by atoms with Gasteiger partial charge in [-0.25, -0.2) is 4.39 Å². The van der Waals surface area contributed by atoms with Gasteiger partial charge < -0.3 is 19.8 Å². The van der Waals surface area contributed by atoms with Gasteiger partial charge in [-0.3, -0.25) is 14.4 Å². The van der Waals surface area contributed by atoms with Gasteiger partial charge in [0.2, 0.25) is 0 Å². The number of fused-ring (bicyclic) bond motifs is 2. The minimum Gasteiger partial charge on any atom is -0.507 e. The number of hydrogen-bond donors (Lipinski definition) is 1. The van der Waals surface area contributed by atoms with Crippen LogP contribution in [0.4, 0.5) is 10.1 Å². The van der Waals surface area contributed by atoms with Crippen LogP contribution < -0.4 is 4.90 Å². The van der Waals surface area contributed by atoms with E-state index in [4.69, 9.17) is 0 Å². The topological polar surface area (TPSA) is 81.2 Å². The fourth-order valence-electron chi connectivity index (χ4n) is 5.00. The molecule has 1 atom stereocenters. The molecule has 7 nitrogen and oxygen atoms in total. The van der Waals surface area contributed by atoms with Gasteiger partial charge in [0.1, 0.15) is 11.6 Å². The van der Waals surface area contributed by atoms with Gasteiger partial charge in [0, 0.05) is 24.2 Å². The molecule has 2 aromatic rings. The average Bonchev–Trinajstić information content (AvgIpc) is 3.21. The molecule has 1 fully saturated rings. The highest BCUT2D eigenvalue weighted by atomic mass is 19.1. The third kappa shape index (κ3) is 3.91. The van der Waals surface area contributed by atoms with Crippen molar-refractivity contribution in [3.05, 3.63) is 71.0 Å². The van der Waals surface area contributed by atoms with E-state index in [2.05, 4.69) is 0 Å². The normalized spacial score (nSPS) is 21.0. The molecule has 2 aliphatic heterocycles. The number of aliphatic hydroxyl groups excluding tert-OH is 1. The summed E-state index contributed by atoms with van der Waals surface area (Å²) in [6.45, 7) is 3.24. The summed E-state index contributed by atoms with van der Waals surface area (Å²) in [4.78, 5) is 46.0. The maximum Gasteiger partial charge on any atom is 0.296 e. The van der Waals surface area contributed by atoms with E-state index in [1.165, 1.54) is 17.0 Å². The summed E-state index contributed by atoms with van der Waals surface area (Å²) in [6, 6.07) is 12.1. The molecule has 8 heteroatoms. The van der Waals surface area contributed by atoms with E-state index in [0.717, 1.165) is 25.0 Å². The second-order valence-electron chi connectivity index (χ2n) is 9.21. The number of nitrogens with zero attached hydrogens (tertiary/aromatic N) is 3. The van der Waals surface area contributed by atoms with Crippen LogP contribution in [0.15, 0.2) is 54.1 Å². The van der Waals surface area contributed by atoms with Crippen molar-refractivity contribution in [1.29, 1.82) is 0 Å². The summed E-state index contributed by atoms with van der Waals surface area (Å²) < 4.78 is 13.6. The minimum absolute atomic E-state index is 0.157. The standard InChI is InChI=1S/C27H30FN3O4/c1-4-5-16-30-21-10-7-6-9-20(21)27(26(30)35)22(23(32)18-11-13-19(28)14-12-18)24(33)25(34)31(27)17-8-15-29(2)3/h6-7,9-14,32H,4-5,8,15-17H2,1-3H3/t27-/m1/s1. The first-order valence-corrected chi connectivity index (χ1v) is 11.9. The second kappa shape index (κ2) is 9.62. The predicted molar refractivity (Wildman–Crippen MR) is 131 cm³/mol. The number of rotatable bonds is 8. The molecule has 0 aromatic heterocycles. The Hall–Kier alpha value is -3.52. The Morgan fingerprint density at radius 2 is 1.69 bits per heavy atom. The van der Waals surface area contributed by atoms with Gasteiger partial charge in [0.25, 0.3) is 17.6 Å². The Morgan fingerprint density at radius 3 is 2.34 bits per heavy atom. The largest absolute Gasteiger partial charge is 0.507 e. The first-order chi connectivity index (χ1) is 16.7. The number of aliphatic hydroxyl groups is 1. The van der Waals surface area contributed by atoms with Crippen LogP contribution in [0.1, 0.15) is 37.3 Å². The molecule has 2 heterocycles. The Balaban J connectivity index is 1.97. The fourth-order valence-corrected chi connectivity index (χ4v) is 5.00. The number of ketones is 1. The minimum atomic E-state index is -1.77. The number of anilines is 1. The molecule has 1 saturated heterocycles. The third-order valence-electron chi connectivity index (χ3n) is 6.65. The SMILES string of the molecule is CCCCN1C(=O)[C@]2(C(=C(O)c3ccc(F)cc3)C(=O)C(=O)N2CCCN(C)C)c2ccccc21. The van der Waals surface area contributed by atoms with Gasteiger partial charge in [-0.1, -0.05) is 31.5 Å². The molecule has 2 amide bonds. The first-order valence-electron chi connectivity index (χ1n) is 11.9. The summed E-state index contributed by atoms with van der Waals surface area (Å²) in [7, 11) is 3.81. The van der Waals surface area contributed by atoms with Crippen LogP contribution in [0, 0.1) is 5.82 Å². The molecule has 2 aliphatic rings. The first kappa shape index (κ1) is 24.6. The van der Waals surface area contributed by atoms with Gasteiger partial charge in [-0.15, -0.1) is 0 Å². The number of Topliss-reactive ketones (excluding diaryl/α,β-unsaturated/α-hetero) is 1. The van der Waals surface area contributed by atoms with E-state index < -0.39 is 34.7 Å². The summed E-state index contributed by atoms with van der Waals surface area (Å²) >= 11 is 0. The van der Waals surface area contributed by atoms with Crippen molar-refractivity contribution in [2.24, 2.45) is 0 Å². The quantitative estimate of drug-likeness (QED) is 0.356. The Morgan fingerprint density at radius 1 is 1.00 bits per heavy atom. The van der Waals surface area contributed by atoms with Crippen molar-refractivity contribution in [3.63, 3.8) is 0 Å². The predicted octanol–water partition coefficient (Wildman–Crippen LogP) is 3.50. The molecule has 0 bridgehead atoms. The van der Waals surface area contributed by atoms with Crippen molar-refractivity contribution in [1.82, 2.24) is 9.80 Å². The van der Waals surface area contributed by atoms with Crippen LogP contribution in [0.3, 0.4) is 0 Å². The maximum absolute atomic E-state index is 14.3. The maximum atomic E-state index is 14.3. The van der Waals surface area contributed by atoms with E-state index in [-0.39, 0.29) is 17.7 Å². The van der Waals surface area contributed by atoms with E-state index in [1.54, 1.807) is 23.1 Å². The molecule has 0 aliphatic carbocycles. The molecule has 0 saturated carbocycles. The molecule has 1 spiro atoms. The summed E-state index contributed by atoms with van der Waals surface area (Å²) in [6.07, 6.45) is 2.12. The highest BCUT2D eigenvalue weighted by Gasteiger charge is 2.66. The van der Waals surface area contributed by atoms with Crippen molar-refractivity contribution in [3.8, 4) is 0 Å². The number of carbonyl (C=O) groups excluding carboxylic acids is 3. The summed E-state index contributed by atoms with van der Waals surface area (Å²) in [5.41, 5.74) is -0.766. The van der Waals surface area contributed by atoms with Crippen LogP contribution in [0.5, 0.6) is 0 Å². The van der Waals surface area contributed by atoms with Crippen molar-refractivity contribution >= 4 is 29.0 Å². The van der Waals surface area contributed by atoms with E-state index in [9.17, 15) is 23.9 Å². The number of hydrogen-bond acceptors (Lipinski definition) is 5. The summed E-state index contributed by atoms with van der Waals surface area (Å²) in [5.74, 6) is -3.17. The van der Waals surface area contributed by atoms with Crippen LogP contribution in [0.2, 0.25) is 0 Å². The Labute approximate surface area is 204 Å². The molecule has 184 valence electrons. The van der Waals surface area contributed by atoms with E-state index in [0.29, 0.717) is 30.8 Å². The highest BCUT2D eigenvalue weighted by molar-refractivity contribution is 6.50. The molecule has 1 N–H and O–H groups in total. The van der Waals surface area contributed by atoms with E-state index in [1.807, 2.05) is 32.0 Å². The molecular weight excluding hydrogens is 449 g/mol. The fraction of sp³-hybridized carbons (Fsp3) is 0.370. The summed E-state index contributed by atoms with van der Waals surface area (Å²) in [5, 5.41) is 11.3. The number of halogens is 1. The van der Waals surface area contributed by atoms with Crippen LogP contribution >= 0.6 is 0 Å². The zero-order valence-electron chi connectivity index (χ0n) is 20.3. The molecule has 35 heavy (non-hydrogen) atoms. The molecule has 0 radical (unpaired) electrons. The number of unbranched alkanes of at least 4 members (excludes halogenated alkanes) is 1. The monoisotopic (exact) mass is 479 g/mol. The van der Waals surface area contributed by atoms with Crippen molar-refractivity contribution < 1.29 is 23.9 Å². The van der Waals surface area contributed by atoms with Crippen LogP contribution in [-0.4, -0.2) is 66.2 Å². The lowest BCUT2D eigenvalue weighted by atomic mass is 9.82. The number of amides is 2. The van der Waals surface area contributed by atoms with Gasteiger partial charge >= 0.3 is 0 Å². The third-order valence-corrected chi connectivity index (χ3v) is 6.65. The van der Waals surface area contributed by atoms with E-state index >= 15 is 0 Å². The Bertz CT molecular complexity index is 1190. The van der Waals surface area contributed by atoms with Crippen LogP contribution in [-0.2, 0) is 19.9 Å². The van der Waals surface area contributed by atoms with Crippen molar-refractivity contribution in [2.75, 3.05) is 38.6 Å². The van der Waals surface area contributed by atoms with Gasteiger partial charge in [-0.2, -0.15) is 0 Å². The number of para-hydroxylation sites is 1. The van der Waals surface area contributed by atoms with Crippen molar-refractivity contribution in [2.45, 2.75) is 31.7 Å². The van der Waals surface area contributed by atoms with Crippen LogP contribution in [0.25, 0.3) is 5.76 Å². The lowest BCUT2D eigenvalue weighted by molar-refractivity contribution is -0.143.